The average molecular weight is 485 g/mol. The molecule has 0 radical (unpaired) electrons. The summed E-state index contributed by atoms with van der Waals surface area (Å²) in [6.07, 6.45) is 1.83. The van der Waals surface area contributed by atoms with Crippen molar-refractivity contribution in [1.29, 1.82) is 0 Å². The molecule has 0 saturated carbocycles. The number of rotatable bonds is 11. The standard InChI is InChI=1S/C23H27Cl2FN2O2S/c1-3-4-11-27-23(30)16(2)28(13-17-9-10-19(24)12-20(17)25)22(29)15-31-14-18-7-5-6-8-21(18)26/h5-10,12,16H,3-4,11,13-15H2,1-2H3,(H,27,30)/t16-/m0/s1. The maximum absolute atomic E-state index is 13.8. The van der Waals surface area contributed by atoms with Crippen LogP contribution in [0.5, 0.6) is 0 Å². The Balaban J connectivity index is 2.10. The minimum atomic E-state index is -0.676. The van der Waals surface area contributed by atoms with Crippen LogP contribution >= 0.6 is 35.0 Å². The highest BCUT2D eigenvalue weighted by Gasteiger charge is 2.26. The predicted octanol–water partition coefficient (Wildman–Crippen LogP) is 5.70. The Hall–Kier alpha value is -1.76. The number of nitrogens with zero attached hydrogens (tertiary/aromatic N) is 1. The van der Waals surface area contributed by atoms with Gasteiger partial charge in [-0.15, -0.1) is 11.8 Å². The molecule has 0 aromatic heterocycles. The lowest BCUT2D eigenvalue weighted by atomic mass is 10.1. The van der Waals surface area contributed by atoms with Crippen LogP contribution in [0, 0.1) is 5.82 Å². The first-order valence-electron chi connectivity index (χ1n) is 10.2. The maximum atomic E-state index is 13.8. The van der Waals surface area contributed by atoms with Gasteiger partial charge in [-0.05, 0) is 42.7 Å². The van der Waals surface area contributed by atoms with Crippen molar-refractivity contribution in [3.8, 4) is 0 Å². The van der Waals surface area contributed by atoms with Gasteiger partial charge in [-0.25, -0.2) is 4.39 Å². The molecule has 0 heterocycles. The second-order valence-electron chi connectivity index (χ2n) is 7.16. The number of thioether (sulfide) groups is 1. The Kier molecular flexibility index (Phi) is 10.6. The highest BCUT2D eigenvalue weighted by atomic mass is 35.5. The van der Waals surface area contributed by atoms with Gasteiger partial charge in [0.1, 0.15) is 11.9 Å². The molecule has 31 heavy (non-hydrogen) atoms. The predicted molar refractivity (Wildman–Crippen MR) is 127 cm³/mol. The fraction of sp³-hybridized carbons (Fsp3) is 0.391. The van der Waals surface area contributed by atoms with Gasteiger partial charge in [0.15, 0.2) is 0 Å². The summed E-state index contributed by atoms with van der Waals surface area (Å²) in [6, 6.07) is 10.9. The van der Waals surface area contributed by atoms with E-state index in [1.807, 2.05) is 6.92 Å². The zero-order chi connectivity index (χ0) is 22.8. The van der Waals surface area contributed by atoms with Gasteiger partial charge in [0.25, 0.3) is 0 Å². The fourth-order valence-electron chi connectivity index (χ4n) is 2.90. The molecular formula is C23H27Cl2FN2O2S. The van der Waals surface area contributed by atoms with Gasteiger partial charge in [-0.1, -0.05) is 60.8 Å². The Morgan fingerprint density at radius 3 is 2.58 bits per heavy atom. The molecule has 0 saturated heterocycles. The van der Waals surface area contributed by atoms with Crippen molar-refractivity contribution in [3.05, 3.63) is 69.5 Å². The number of benzene rings is 2. The highest BCUT2D eigenvalue weighted by Crippen LogP contribution is 2.24. The molecule has 0 aliphatic carbocycles. The Labute approximate surface area is 197 Å². The summed E-state index contributed by atoms with van der Waals surface area (Å²) >= 11 is 13.6. The molecule has 0 aliphatic rings. The topological polar surface area (TPSA) is 49.4 Å². The number of carbonyl (C=O) groups excluding carboxylic acids is 2. The lowest BCUT2D eigenvalue weighted by Crippen LogP contribution is -2.48. The van der Waals surface area contributed by atoms with E-state index in [1.54, 1.807) is 43.3 Å². The van der Waals surface area contributed by atoms with Gasteiger partial charge in [0.2, 0.25) is 11.8 Å². The molecule has 8 heteroatoms. The molecule has 0 spiro atoms. The molecule has 4 nitrogen and oxygen atoms in total. The molecule has 2 rings (SSSR count). The third-order valence-electron chi connectivity index (χ3n) is 4.79. The van der Waals surface area contributed by atoms with Gasteiger partial charge in [-0.3, -0.25) is 9.59 Å². The number of carbonyl (C=O) groups is 2. The van der Waals surface area contributed by atoms with Gasteiger partial charge in [0, 0.05) is 28.9 Å². The van der Waals surface area contributed by atoms with Gasteiger partial charge >= 0.3 is 0 Å². The number of hydrogen-bond donors (Lipinski definition) is 1. The van der Waals surface area contributed by atoms with E-state index in [4.69, 9.17) is 23.2 Å². The summed E-state index contributed by atoms with van der Waals surface area (Å²) in [4.78, 5) is 27.2. The normalized spacial score (nSPS) is 11.8. The molecule has 0 fully saturated rings. The van der Waals surface area contributed by atoms with E-state index >= 15 is 0 Å². The van der Waals surface area contributed by atoms with Crippen LogP contribution in [0.4, 0.5) is 4.39 Å². The van der Waals surface area contributed by atoms with E-state index in [1.165, 1.54) is 22.7 Å². The minimum absolute atomic E-state index is 0.117. The zero-order valence-electron chi connectivity index (χ0n) is 17.7. The molecule has 1 N–H and O–H groups in total. The number of halogens is 3. The molecule has 168 valence electrons. The second-order valence-corrected chi connectivity index (χ2v) is 8.99. The largest absolute Gasteiger partial charge is 0.354 e. The lowest BCUT2D eigenvalue weighted by Gasteiger charge is -2.29. The monoisotopic (exact) mass is 484 g/mol. The number of nitrogens with one attached hydrogen (secondary N) is 1. The molecule has 2 aromatic rings. The average Bonchev–Trinajstić information content (AvgIpc) is 2.74. The minimum Gasteiger partial charge on any atom is -0.354 e. The van der Waals surface area contributed by atoms with Crippen LogP contribution in [0.15, 0.2) is 42.5 Å². The molecule has 2 amide bonds. The van der Waals surface area contributed by atoms with Crippen LogP contribution < -0.4 is 5.32 Å². The lowest BCUT2D eigenvalue weighted by molar-refractivity contribution is -0.138. The van der Waals surface area contributed by atoms with E-state index in [0.29, 0.717) is 33.5 Å². The second kappa shape index (κ2) is 12.9. The SMILES string of the molecule is CCCCNC(=O)[C@H](C)N(Cc1ccc(Cl)cc1Cl)C(=O)CSCc1ccccc1F. The van der Waals surface area contributed by atoms with Crippen molar-refractivity contribution in [3.63, 3.8) is 0 Å². The fourth-order valence-corrected chi connectivity index (χ4v) is 4.26. The van der Waals surface area contributed by atoms with Crippen molar-refractivity contribution in [1.82, 2.24) is 10.2 Å². The van der Waals surface area contributed by atoms with Crippen LogP contribution in [0.1, 0.15) is 37.8 Å². The van der Waals surface area contributed by atoms with Gasteiger partial charge in [-0.2, -0.15) is 0 Å². The van der Waals surface area contributed by atoms with Crippen molar-refractivity contribution in [2.24, 2.45) is 0 Å². The quantitative estimate of drug-likeness (QED) is 0.416. The van der Waals surface area contributed by atoms with E-state index < -0.39 is 6.04 Å². The van der Waals surface area contributed by atoms with Crippen LogP contribution in [0.2, 0.25) is 10.0 Å². The van der Waals surface area contributed by atoms with Crippen LogP contribution in [-0.2, 0) is 21.9 Å². The van der Waals surface area contributed by atoms with E-state index in [2.05, 4.69) is 5.32 Å². The molecule has 1 atom stereocenters. The van der Waals surface area contributed by atoms with Crippen molar-refractivity contribution in [2.75, 3.05) is 12.3 Å². The van der Waals surface area contributed by atoms with Crippen molar-refractivity contribution < 1.29 is 14.0 Å². The smallest absolute Gasteiger partial charge is 0.242 e. The zero-order valence-corrected chi connectivity index (χ0v) is 20.0. The Morgan fingerprint density at radius 2 is 1.90 bits per heavy atom. The maximum Gasteiger partial charge on any atom is 0.242 e. The summed E-state index contributed by atoms with van der Waals surface area (Å²) in [5, 5.41) is 3.81. The van der Waals surface area contributed by atoms with E-state index in [9.17, 15) is 14.0 Å². The van der Waals surface area contributed by atoms with Crippen LogP contribution in [-0.4, -0.2) is 35.1 Å². The molecule has 0 unspecified atom stereocenters. The first kappa shape index (κ1) is 25.5. The van der Waals surface area contributed by atoms with Gasteiger partial charge in [0.05, 0.1) is 5.75 Å². The first-order chi connectivity index (χ1) is 14.8. The van der Waals surface area contributed by atoms with Crippen molar-refractivity contribution in [2.45, 2.75) is 45.0 Å². The third kappa shape index (κ3) is 8.02. The van der Waals surface area contributed by atoms with Gasteiger partial charge < -0.3 is 10.2 Å². The summed E-state index contributed by atoms with van der Waals surface area (Å²) in [6.45, 7) is 4.48. The first-order valence-corrected chi connectivity index (χ1v) is 12.1. The Bertz CT molecular complexity index is 898. The number of amides is 2. The molecule has 2 aromatic carbocycles. The van der Waals surface area contributed by atoms with Crippen LogP contribution in [0.3, 0.4) is 0 Å². The Morgan fingerprint density at radius 1 is 1.16 bits per heavy atom. The molecule has 0 bridgehead atoms. The van der Waals surface area contributed by atoms with Crippen molar-refractivity contribution >= 4 is 46.8 Å². The molecular weight excluding hydrogens is 458 g/mol. The number of unbranched alkanes of at least 4 members (excludes halogenated alkanes) is 1. The third-order valence-corrected chi connectivity index (χ3v) is 6.35. The highest BCUT2D eigenvalue weighted by molar-refractivity contribution is 7.99. The van der Waals surface area contributed by atoms with E-state index in [0.717, 1.165) is 12.8 Å². The number of hydrogen-bond acceptors (Lipinski definition) is 3. The van der Waals surface area contributed by atoms with Crippen LogP contribution in [0.25, 0.3) is 0 Å². The summed E-state index contributed by atoms with van der Waals surface area (Å²) < 4.78 is 13.8. The molecule has 0 aliphatic heterocycles. The van der Waals surface area contributed by atoms with E-state index in [-0.39, 0.29) is 29.9 Å². The summed E-state index contributed by atoms with van der Waals surface area (Å²) in [5.41, 5.74) is 1.24. The summed E-state index contributed by atoms with van der Waals surface area (Å²) in [7, 11) is 0. The summed E-state index contributed by atoms with van der Waals surface area (Å²) in [5.74, 6) is -0.246.